The first-order valence-electron chi connectivity index (χ1n) is 7.92. The van der Waals surface area contributed by atoms with Crippen molar-refractivity contribution in [3.63, 3.8) is 0 Å². The highest BCUT2D eigenvalue weighted by Gasteiger charge is 2.20. The number of pyridine rings is 1. The second-order valence-corrected chi connectivity index (χ2v) is 5.92. The van der Waals surface area contributed by atoms with Crippen molar-refractivity contribution in [2.45, 2.75) is 6.17 Å². The van der Waals surface area contributed by atoms with Crippen LogP contribution in [0.4, 0.5) is 5.69 Å². The molecule has 1 aliphatic heterocycles. The summed E-state index contributed by atoms with van der Waals surface area (Å²) in [5.74, 6) is -0.412. The largest absolute Gasteiger partial charge is 0.504 e. The minimum atomic E-state index is -0.553. The third-order valence-electron chi connectivity index (χ3n) is 4.31. The first-order valence-corrected chi connectivity index (χ1v) is 7.92. The molecule has 1 unspecified atom stereocenters. The first-order chi connectivity index (χ1) is 12.1. The lowest BCUT2D eigenvalue weighted by molar-refractivity contribution is 0.317. The van der Waals surface area contributed by atoms with E-state index in [2.05, 4.69) is 11.1 Å². The number of benzene rings is 2. The molecular weight excluding hydrogens is 314 g/mol. The molecule has 1 aromatic heterocycles. The van der Waals surface area contributed by atoms with Crippen molar-refractivity contribution in [3.05, 3.63) is 84.7 Å². The van der Waals surface area contributed by atoms with E-state index in [1.54, 1.807) is 11.1 Å². The second-order valence-electron chi connectivity index (χ2n) is 5.92. The molecule has 3 aromatic rings. The van der Waals surface area contributed by atoms with Crippen LogP contribution >= 0.6 is 0 Å². The Morgan fingerprint density at radius 3 is 2.72 bits per heavy atom. The molecule has 1 aliphatic rings. The molecule has 0 amide bonds. The molecule has 4 N–H and O–H groups in total. The highest BCUT2D eigenvalue weighted by molar-refractivity contribution is 5.96. The van der Waals surface area contributed by atoms with Crippen molar-refractivity contribution in [3.8, 4) is 11.1 Å². The van der Waals surface area contributed by atoms with Gasteiger partial charge in [0.1, 0.15) is 6.17 Å². The van der Waals surface area contributed by atoms with Crippen LogP contribution in [0.1, 0.15) is 0 Å². The van der Waals surface area contributed by atoms with E-state index in [1.807, 2.05) is 48.7 Å². The molecule has 5 nitrogen and oxygen atoms in total. The van der Waals surface area contributed by atoms with Gasteiger partial charge in [-0.3, -0.25) is 4.98 Å². The number of nitrogens with two attached hydrogens (primary N) is 1. The number of nitrogens with zero attached hydrogens (tertiary/aromatic N) is 2. The number of fused-ring (bicyclic) bond motifs is 1. The molecule has 4 rings (SSSR count). The van der Waals surface area contributed by atoms with Gasteiger partial charge in [-0.2, -0.15) is 0 Å². The van der Waals surface area contributed by atoms with E-state index < -0.39 is 6.17 Å². The topological polar surface area (TPSA) is 82.6 Å². The van der Waals surface area contributed by atoms with Crippen LogP contribution < -0.4 is 10.6 Å². The van der Waals surface area contributed by atoms with E-state index in [9.17, 15) is 10.2 Å². The predicted octanol–water partition coefficient (Wildman–Crippen LogP) is 3.85. The summed E-state index contributed by atoms with van der Waals surface area (Å²) >= 11 is 0. The van der Waals surface area contributed by atoms with Gasteiger partial charge in [-0.15, -0.1) is 0 Å². The Bertz CT molecular complexity index is 1010. The van der Waals surface area contributed by atoms with Crippen LogP contribution in [-0.2, 0) is 0 Å². The molecule has 0 bridgehead atoms. The van der Waals surface area contributed by atoms with Gasteiger partial charge in [0.15, 0.2) is 11.5 Å². The molecule has 0 spiro atoms. The summed E-state index contributed by atoms with van der Waals surface area (Å²) in [6, 6.07) is 16.0. The van der Waals surface area contributed by atoms with Crippen molar-refractivity contribution >= 4 is 16.5 Å². The van der Waals surface area contributed by atoms with Crippen LogP contribution in [0.25, 0.3) is 21.9 Å². The van der Waals surface area contributed by atoms with Crippen molar-refractivity contribution in [2.24, 2.45) is 5.73 Å². The van der Waals surface area contributed by atoms with Gasteiger partial charge in [-0.1, -0.05) is 30.3 Å². The zero-order chi connectivity index (χ0) is 17.4. The summed E-state index contributed by atoms with van der Waals surface area (Å²) in [6.45, 7) is 0. The normalized spacial score (nSPS) is 17.3. The molecule has 0 saturated carbocycles. The van der Waals surface area contributed by atoms with Crippen LogP contribution in [0.3, 0.4) is 0 Å². The van der Waals surface area contributed by atoms with Gasteiger partial charge in [0.25, 0.3) is 0 Å². The minimum absolute atomic E-state index is 0.205. The Morgan fingerprint density at radius 2 is 1.84 bits per heavy atom. The van der Waals surface area contributed by atoms with Crippen molar-refractivity contribution < 1.29 is 10.2 Å². The highest BCUT2D eigenvalue weighted by Crippen LogP contribution is 2.32. The summed E-state index contributed by atoms with van der Waals surface area (Å²) in [5.41, 5.74) is 9.03. The first kappa shape index (κ1) is 15.2. The van der Waals surface area contributed by atoms with E-state index in [1.165, 1.54) is 12.3 Å². The molecule has 1 atom stereocenters. The Morgan fingerprint density at radius 1 is 1.00 bits per heavy atom. The molecule has 0 fully saturated rings. The predicted molar refractivity (Wildman–Crippen MR) is 99.1 cm³/mol. The zero-order valence-electron chi connectivity index (χ0n) is 13.4. The lowest BCUT2D eigenvalue weighted by Crippen LogP contribution is -2.39. The maximum absolute atomic E-state index is 9.79. The summed E-state index contributed by atoms with van der Waals surface area (Å²) < 4.78 is 0. The van der Waals surface area contributed by atoms with Crippen LogP contribution in [0.15, 0.2) is 84.7 Å². The average molecular weight is 331 g/mol. The summed E-state index contributed by atoms with van der Waals surface area (Å²) in [4.78, 5) is 5.89. The number of hydrogen-bond donors (Lipinski definition) is 3. The quantitative estimate of drug-likeness (QED) is 0.664. The monoisotopic (exact) mass is 331 g/mol. The molecule has 0 radical (unpaired) electrons. The molecule has 2 heterocycles. The zero-order valence-corrected chi connectivity index (χ0v) is 13.4. The second kappa shape index (κ2) is 5.96. The number of aromatic nitrogens is 1. The van der Waals surface area contributed by atoms with E-state index in [0.717, 1.165) is 27.6 Å². The lowest BCUT2D eigenvalue weighted by Gasteiger charge is -2.29. The number of aliphatic hydroxyl groups is 2. The summed E-state index contributed by atoms with van der Waals surface area (Å²) in [5, 5.41) is 21.6. The smallest absolute Gasteiger partial charge is 0.173 e. The Balaban J connectivity index is 1.80. The van der Waals surface area contributed by atoms with Crippen molar-refractivity contribution in [1.29, 1.82) is 0 Å². The maximum atomic E-state index is 9.79. The van der Waals surface area contributed by atoms with Gasteiger partial charge in [-0.05, 0) is 40.8 Å². The van der Waals surface area contributed by atoms with Crippen LogP contribution in [0.2, 0.25) is 0 Å². The van der Waals surface area contributed by atoms with E-state index in [-0.39, 0.29) is 11.5 Å². The molecule has 25 heavy (non-hydrogen) atoms. The molecule has 124 valence electrons. The summed E-state index contributed by atoms with van der Waals surface area (Å²) in [6.07, 6.45) is 5.92. The van der Waals surface area contributed by atoms with Crippen LogP contribution in [0, 0.1) is 0 Å². The van der Waals surface area contributed by atoms with Gasteiger partial charge in [0.2, 0.25) is 0 Å². The fourth-order valence-corrected chi connectivity index (χ4v) is 3.07. The third-order valence-corrected chi connectivity index (χ3v) is 4.31. The fraction of sp³-hybridized carbons (Fsp3) is 0.0500. The average Bonchev–Trinajstić information content (AvgIpc) is 2.64. The number of anilines is 1. The van der Waals surface area contributed by atoms with Gasteiger partial charge in [-0.25, -0.2) is 0 Å². The fourth-order valence-electron chi connectivity index (χ4n) is 3.07. The Labute approximate surface area is 145 Å². The van der Waals surface area contributed by atoms with E-state index in [0.29, 0.717) is 0 Å². The van der Waals surface area contributed by atoms with Crippen LogP contribution in [-0.4, -0.2) is 21.4 Å². The van der Waals surface area contributed by atoms with E-state index in [4.69, 9.17) is 5.73 Å². The van der Waals surface area contributed by atoms with Gasteiger partial charge in [0, 0.05) is 23.5 Å². The number of aliphatic hydroxyl groups excluding tert-OH is 2. The minimum Gasteiger partial charge on any atom is -0.504 e. The van der Waals surface area contributed by atoms with Gasteiger partial charge in [0.05, 0.1) is 6.20 Å². The molecule has 5 heteroatoms. The molecular formula is C20H17N3O2. The molecule has 0 saturated heterocycles. The van der Waals surface area contributed by atoms with Crippen molar-refractivity contribution in [2.75, 3.05) is 4.90 Å². The third kappa shape index (κ3) is 2.70. The van der Waals surface area contributed by atoms with Crippen LogP contribution in [0.5, 0.6) is 0 Å². The van der Waals surface area contributed by atoms with Crippen molar-refractivity contribution in [1.82, 2.24) is 4.98 Å². The maximum Gasteiger partial charge on any atom is 0.173 e. The molecule has 2 aromatic carbocycles. The van der Waals surface area contributed by atoms with E-state index >= 15 is 0 Å². The number of hydrogen-bond acceptors (Lipinski definition) is 5. The van der Waals surface area contributed by atoms with Gasteiger partial charge < -0.3 is 20.8 Å². The summed E-state index contributed by atoms with van der Waals surface area (Å²) in [7, 11) is 0. The number of rotatable bonds is 2. The highest BCUT2D eigenvalue weighted by atomic mass is 16.3. The standard InChI is InChI=1S/C20H17N3O2/c21-20-10-18(24)19(25)12-23(20)15-5-1-3-13(9-15)16-6-2-4-14-11-22-8-7-17(14)16/h1-12,20,24-25H,21H2. The Kier molecular flexibility index (Phi) is 3.63. The van der Waals surface area contributed by atoms with Gasteiger partial charge >= 0.3 is 0 Å². The molecule has 0 aliphatic carbocycles. The SMILES string of the molecule is NC1C=C(O)C(O)=CN1c1cccc(-c2cccc3cnccc23)c1. The lowest BCUT2D eigenvalue weighted by atomic mass is 9.99. The Hall–Kier alpha value is -3.31.